The summed E-state index contributed by atoms with van der Waals surface area (Å²) in [5.41, 5.74) is 4.72. The Labute approximate surface area is 114 Å². The van der Waals surface area contributed by atoms with Crippen LogP contribution in [-0.2, 0) is 6.42 Å². The van der Waals surface area contributed by atoms with Gasteiger partial charge in [0.25, 0.3) is 0 Å². The Morgan fingerprint density at radius 1 is 1.05 bits per heavy atom. The van der Waals surface area contributed by atoms with Gasteiger partial charge in [-0.05, 0) is 43.5 Å². The number of nitrogens with zero attached hydrogens (tertiary/aromatic N) is 2. The van der Waals surface area contributed by atoms with Crippen LogP contribution in [0.1, 0.15) is 23.6 Å². The van der Waals surface area contributed by atoms with Crippen molar-refractivity contribution < 1.29 is 0 Å². The number of hydrogen-bond donors (Lipinski definition) is 2. The third-order valence-electron chi connectivity index (χ3n) is 3.31. The third kappa shape index (κ3) is 2.84. The zero-order valence-corrected chi connectivity index (χ0v) is 11.9. The lowest BCUT2D eigenvalue weighted by Gasteiger charge is -2.13. The lowest BCUT2D eigenvalue weighted by molar-refractivity contribution is 1.05. The molecule has 0 aliphatic heterocycles. The first-order valence-corrected chi connectivity index (χ1v) is 6.51. The van der Waals surface area contributed by atoms with E-state index in [4.69, 9.17) is 0 Å². The Bertz CT molecular complexity index is 578. The molecule has 0 aliphatic carbocycles. The number of aryl methyl sites for hydroxylation is 2. The van der Waals surface area contributed by atoms with Gasteiger partial charge in [0, 0.05) is 18.3 Å². The Morgan fingerprint density at radius 2 is 1.79 bits per heavy atom. The second-order valence-corrected chi connectivity index (χ2v) is 4.58. The number of nitrogens with one attached hydrogen (secondary N) is 2. The van der Waals surface area contributed by atoms with E-state index in [2.05, 4.69) is 59.6 Å². The third-order valence-corrected chi connectivity index (χ3v) is 3.31. The summed E-state index contributed by atoms with van der Waals surface area (Å²) in [7, 11) is 1.88. The summed E-state index contributed by atoms with van der Waals surface area (Å²) in [5.74, 6) is 1.74. The minimum Gasteiger partial charge on any atom is -0.373 e. The molecular formula is C15H20N4. The Hall–Kier alpha value is -2.10. The van der Waals surface area contributed by atoms with Gasteiger partial charge in [0.1, 0.15) is 18.0 Å². The second-order valence-electron chi connectivity index (χ2n) is 4.58. The molecule has 0 bridgehead atoms. The lowest BCUT2D eigenvalue weighted by atomic mass is 10.1. The zero-order chi connectivity index (χ0) is 13.8. The van der Waals surface area contributed by atoms with E-state index in [1.807, 2.05) is 7.05 Å². The Balaban J connectivity index is 2.35. The molecule has 4 nitrogen and oxygen atoms in total. The van der Waals surface area contributed by atoms with E-state index >= 15 is 0 Å². The second kappa shape index (κ2) is 5.69. The van der Waals surface area contributed by atoms with E-state index in [0.29, 0.717) is 0 Å². The van der Waals surface area contributed by atoms with Crippen LogP contribution in [0, 0.1) is 13.8 Å². The molecule has 0 radical (unpaired) electrons. The highest BCUT2D eigenvalue weighted by molar-refractivity contribution is 5.65. The fraction of sp³-hybridized carbons (Fsp3) is 0.333. The van der Waals surface area contributed by atoms with Gasteiger partial charge in [0.05, 0.1) is 0 Å². The van der Waals surface area contributed by atoms with Crippen LogP contribution >= 0.6 is 0 Å². The quantitative estimate of drug-likeness (QED) is 0.879. The maximum atomic E-state index is 4.34. The Morgan fingerprint density at radius 3 is 2.42 bits per heavy atom. The van der Waals surface area contributed by atoms with E-state index in [1.54, 1.807) is 6.33 Å². The molecule has 1 aromatic heterocycles. The first kappa shape index (κ1) is 13.3. The smallest absolute Gasteiger partial charge is 0.139 e. The fourth-order valence-electron chi connectivity index (χ4n) is 2.03. The minimum absolute atomic E-state index is 0.866. The van der Waals surface area contributed by atoms with Crippen LogP contribution in [0.4, 0.5) is 17.3 Å². The van der Waals surface area contributed by atoms with Crippen LogP contribution < -0.4 is 10.6 Å². The van der Waals surface area contributed by atoms with Gasteiger partial charge in [-0.15, -0.1) is 0 Å². The van der Waals surface area contributed by atoms with Gasteiger partial charge in [-0.1, -0.05) is 13.0 Å². The summed E-state index contributed by atoms with van der Waals surface area (Å²) >= 11 is 0. The SMILES string of the molecule is CCc1c(NC)ncnc1Nc1ccc(C)c(C)c1. The molecule has 2 aromatic rings. The minimum atomic E-state index is 0.866. The lowest BCUT2D eigenvalue weighted by Crippen LogP contribution is -2.05. The molecule has 0 amide bonds. The molecule has 19 heavy (non-hydrogen) atoms. The van der Waals surface area contributed by atoms with Crippen molar-refractivity contribution >= 4 is 17.3 Å². The van der Waals surface area contributed by atoms with Crippen LogP contribution in [0.15, 0.2) is 24.5 Å². The van der Waals surface area contributed by atoms with Crippen LogP contribution in [-0.4, -0.2) is 17.0 Å². The predicted octanol–water partition coefficient (Wildman–Crippen LogP) is 3.44. The van der Waals surface area contributed by atoms with E-state index in [9.17, 15) is 0 Å². The van der Waals surface area contributed by atoms with E-state index in [1.165, 1.54) is 11.1 Å². The van der Waals surface area contributed by atoms with Gasteiger partial charge < -0.3 is 10.6 Å². The highest BCUT2D eigenvalue weighted by atomic mass is 15.1. The average molecular weight is 256 g/mol. The summed E-state index contributed by atoms with van der Waals surface area (Å²) in [6.07, 6.45) is 2.46. The maximum absolute atomic E-state index is 4.34. The number of anilines is 3. The first-order valence-electron chi connectivity index (χ1n) is 6.51. The van der Waals surface area contributed by atoms with Crippen molar-refractivity contribution in [2.24, 2.45) is 0 Å². The first-order chi connectivity index (χ1) is 9.15. The zero-order valence-electron chi connectivity index (χ0n) is 11.9. The van der Waals surface area contributed by atoms with Crippen molar-refractivity contribution in [2.75, 3.05) is 17.7 Å². The molecule has 0 saturated heterocycles. The fourth-order valence-corrected chi connectivity index (χ4v) is 2.03. The molecule has 0 fully saturated rings. The highest BCUT2D eigenvalue weighted by Crippen LogP contribution is 2.24. The van der Waals surface area contributed by atoms with Gasteiger partial charge in [0.15, 0.2) is 0 Å². The summed E-state index contributed by atoms with van der Waals surface area (Å²) < 4.78 is 0. The van der Waals surface area contributed by atoms with Crippen molar-refractivity contribution in [2.45, 2.75) is 27.2 Å². The molecular weight excluding hydrogens is 236 g/mol. The van der Waals surface area contributed by atoms with Crippen molar-refractivity contribution in [3.63, 3.8) is 0 Å². The van der Waals surface area contributed by atoms with Crippen LogP contribution in [0.25, 0.3) is 0 Å². The summed E-state index contributed by atoms with van der Waals surface area (Å²) in [4.78, 5) is 8.58. The summed E-state index contributed by atoms with van der Waals surface area (Å²) in [6, 6.07) is 6.32. The van der Waals surface area contributed by atoms with Gasteiger partial charge >= 0.3 is 0 Å². The van der Waals surface area contributed by atoms with Gasteiger partial charge in [0.2, 0.25) is 0 Å². The molecule has 0 aliphatic rings. The monoisotopic (exact) mass is 256 g/mol. The van der Waals surface area contributed by atoms with Crippen molar-refractivity contribution in [3.8, 4) is 0 Å². The van der Waals surface area contributed by atoms with Crippen LogP contribution in [0.5, 0.6) is 0 Å². The van der Waals surface area contributed by atoms with Crippen LogP contribution in [0.2, 0.25) is 0 Å². The number of aromatic nitrogens is 2. The van der Waals surface area contributed by atoms with E-state index in [-0.39, 0.29) is 0 Å². The molecule has 0 atom stereocenters. The van der Waals surface area contributed by atoms with Crippen LogP contribution in [0.3, 0.4) is 0 Å². The molecule has 1 aromatic carbocycles. The molecule has 1 heterocycles. The number of benzene rings is 1. The summed E-state index contributed by atoms with van der Waals surface area (Å²) in [6.45, 7) is 6.33. The molecule has 4 heteroatoms. The van der Waals surface area contributed by atoms with Crippen molar-refractivity contribution in [1.29, 1.82) is 0 Å². The molecule has 0 spiro atoms. The highest BCUT2D eigenvalue weighted by Gasteiger charge is 2.09. The normalized spacial score (nSPS) is 10.3. The average Bonchev–Trinajstić information content (AvgIpc) is 2.42. The molecule has 2 N–H and O–H groups in total. The van der Waals surface area contributed by atoms with Crippen molar-refractivity contribution in [1.82, 2.24) is 9.97 Å². The van der Waals surface area contributed by atoms with Crippen molar-refractivity contribution in [3.05, 3.63) is 41.2 Å². The Kier molecular flexibility index (Phi) is 4.00. The van der Waals surface area contributed by atoms with E-state index in [0.717, 1.165) is 29.3 Å². The topological polar surface area (TPSA) is 49.8 Å². The molecule has 2 rings (SSSR count). The molecule has 0 unspecified atom stereocenters. The number of hydrogen-bond acceptors (Lipinski definition) is 4. The standard InChI is InChI=1S/C15H20N4/c1-5-13-14(16-4)17-9-18-15(13)19-12-7-6-10(2)11(3)8-12/h6-9H,5H2,1-4H3,(H2,16,17,18,19). The number of rotatable bonds is 4. The maximum Gasteiger partial charge on any atom is 0.139 e. The van der Waals surface area contributed by atoms with Gasteiger partial charge in [-0.3, -0.25) is 0 Å². The largest absolute Gasteiger partial charge is 0.373 e. The summed E-state index contributed by atoms with van der Waals surface area (Å²) in [5, 5.41) is 6.48. The predicted molar refractivity (Wildman–Crippen MR) is 80.2 cm³/mol. The van der Waals surface area contributed by atoms with E-state index < -0.39 is 0 Å². The van der Waals surface area contributed by atoms with Gasteiger partial charge in [-0.2, -0.15) is 0 Å². The van der Waals surface area contributed by atoms with Gasteiger partial charge in [-0.25, -0.2) is 9.97 Å². The molecule has 100 valence electrons. The molecule has 0 saturated carbocycles.